The molecule has 2 amide bonds. The minimum atomic E-state index is -3.65. The van der Waals surface area contributed by atoms with E-state index in [-0.39, 0.29) is 23.5 Å². The van der Waals surface area contributed by atoms with Crippen molar-refractivity contribution < 1.29 is 18.5 Å². The van der Waals surface area contributed by atoms with Gasteiger partial charge in [-0.2, -0.15) is 5.10 Å². The van der Waals surface area contributed by atoms with Crippen molar-refractivity contribution in [3.63, 3.8) is 0 Å². The Morgan fingerprint density at radius 3 is 2.52 bits per heavy atom. The molecule has 0 radical (unpaired) electrons. The quantitative estimate of drug-likeness (QED) is 0.669. The number of hydrogen-bond donors (Lipinski definition) is 3. The maximum atomic E-state index is 13.1. The van der Waals surface area contributed by atoms with E-state index in [9.17, 15) is 9.00 Å². The number of hydrogen-bond acceptors (Lipinski definition) is 6. The highest BCUT2D eigenvalue weighted by Gasteiger charge is 2.31. The van der Waals surface area contributed by atoms with Gasteiger partial charge in [0.05, 0.1) is 12.7 Å². The third kappa shape index (κ3) is 3.38. The van der Waals surface area contributed by atoms with E-state index < -0.39 is 15.9 Å². The Labute approximate surface area is 181 Å². The third-order valence-electron chi connectivity index (χ3n) is 6.60. The Balaban J connectivity index is 1.40. The van der Waals surface area contributed by atoms with Crippen LogP contribution < -0.4 is 14.8 Å². The van der Waals surface area contributed by atoms with Crippen molar-refractivity contribution in [3.8, 4) is 5.88 Å². The number of carbonyl (C=O) groups is 1. The predicted molar refractivity (Wildman–Crippen MR) is 115 cm³/mol. The molecule has 0 fully saturated rings. The Morgan fingerprint density at radius 1 is 1.23 bits per heavy atom. The molecule has 10 heteroatoms. The summed E-state index contributed by atoms with van der Waals surface area (Å²) >= 11 is 0. The molecule has 166 valence electrons. The number of methoxy groups -OCH3 is 1. The molecule has 9 nitrogen and oxygen atoms in total. The van der Waals surface area contributed by atoms with Crippen LogP contribution in [0.1, 0.15) is 40.7 Å². The molecule has 1 aliphatic heterocycles. The van der Waals surface area contributed by atoms with E-state index in [0.29, 0.717) is 6.54 Å². The molecule has 2 aromatic rings. The second-order valence-electron chi connectivity index (χ2n) is 8.40. The fourth-order valence-corrected chi connectivity index (χ4v) is 6.12. The molecule has 2 aliphatic carbocycles. The molecule has 0 saturated carbocycles. The summed E-state index contributed by atoms with van der Waals surface area (Å²) < 4.78 is 36.2. The molecule has 3 N–H and O–H groups in total. The predicted octanol–water partition coefficient (Wildman–Crippen LogP) is 2.72. The lowest BCUT2D eigenvalue weighted by atomic mass is 9.93. The van der Waals surface area contributed by atoms with Crippen LogP contribution in [0.25, 0.3) is 0 Å². The van der Waals surface area contributed by atoms with Crippen molar-refractivity contribution in [1.29, 1.82) is 4.78 Å². The van der Waals surface area contributed by atoms with Gasteiger partial charge in [-0.3, -0.25) is 0 Å². The molecule has 0 saturated heterocycles. The van der Waals surface area contributed by atoms with Gasteiger partial charge < -0.3 is 14.8 Å². The third-order valence-corrected chi connectivity index (χ3v) is 7.98. The zero-order valence-electron chi connectivity index (χ0n) is 17.7. The van der Waals surface area contributed by atoms with E-state index in [4.69, 9.17) is 14.3 Å². The highest BCUT2D eigenvalue weighted by atomic mass is 32.2. The standard InChI is InChI=1S/C21H27N5O4S/c1-12-14-5-3-7-16(14)19(17-8-4-6-15(12)17)24-21(27)25-31(22,28)18-9-23-26-10-13(29-2)11-30-20(18)26/h9,13H,3-8,10-11H2,1-2H3,(H3,22,24,25,27,28)/t13-,31?/m0/s1. The molecular weight excluding hydrogens is 418 g/mol. The first kappa shape index (κ1) is 20.3. The molecule has 1 unspecified atom stereocenters. The Bertz CT molecular complexity index is 1140. The summed E-state index contributed by atoms with van der Waals surface area (Å²) in [6.07, 6.45) is 7.24. The van der Waals surface area contributed by atoms with Gasteiger partial charge in [0.25, 0.3) is 0 Å². The Morgan fingerprint density at radius 2 is 1.87 bits per heavy atom. The molecule has 3 aliphatic rings. The van der Waals surface area contributed by atoms with Gasteiger partial charge in [0.15, 0.2) is 9.92 Å². The van der Waals surface area contributed by atoms with Crippen LogP contribution in [0.15, 0.2) is 11.1 Å². The topological polar surface area (TPSA) is 118 Å². The van der Waals surface area contributed by atoms with Crippen molar-refractivity contribution in [2.45, 2.75) is 63.0 Å². The number of fused-ring (bicyclic) bond motifs is 3. The normalized spacial score (nSPS) is 20.9. The zero-order valence-corrected chi connectivity index (χ0v) is 18.6. The fourth-order valence-electron chi connectivity index (χ4n) is 5.10. The van der Waals surface area contributed by atoms with Crippen LogP contribution >= 0.6 is 0 Å². The zero-order chi connectivity index (χ0) is 21.8. The molecule has 0 bridgehead atoms. The lowest BCUT2D eigenvalue weighted by Gasteiger charge is -2.23. The van der Waals surface area contributed by atoms with E-state index in [1.807, 2.05) is 0 Å². The van der Waals surface area contributed by atoms with Crippen molar-refractivity contribution in [2.24, 2.45) is 0 Å². The van der Waals surface area contributed by atoms with Gasteiger partial charge in [0, 0.05) is 12.8 Å². The van der Waals surface area contributed by atoms with Crippen molar-refractivity contribution >= 4 is 21.6 Å². The van der Waals surface area contributed by atoms with Crippen molar-refractivity contribution in [1.82, 2.24) is 14.5 Å². The minimum absolute atomic E-state index is 0.0663. The average molecular weight is 446 g/mol. The number of ether oxygens (including phenoxy) is 2. The largest absolute Gasteiger partial charge is 0.474 e. The summed E-state index contributed by atoms with van der Waals surface area (Å²) in [5.41, 5.74) is 7.30. The van der Waals surface area contributed by atoms with Crippen LogP contribution in [0.3, 0.4) is 0 Å². The summed E-state index contributed by atoms with van der Waals surface area (Å²) in [6, 6.07) is -0.641. The van der Waals surface area contributed by atoms with E-state index >= 15 is 0 Å². The molecule has 1 aromatic heterocycles. The van der Waals surface area contributed by atoms with Crippen LogP contribution in [-0.4, -0.2) is 39.8 Å². The van der Waals surface area contributed by atoms with Gasteiger partial charge >= 0.3 is 6.03 Å². The highest BCUT2D eigenvalue weighted by Crippen LogP contribution is 2.41. The number of aromatic nitrogens is 2. The SMILES string of the molecule is CO[C@@H]1COc2c(S(=N)(=O)NC(=O)Nc3c4c(c(C)c5c3CCC5)CCC4)cnn2C1. The second kappa shape index (κ2) is 7.52. The lowest BCUT2D eigenvalue weighted by Crippen LogP contribution is -2.35. The number of nitrogens with zero attached hydrogens (tertiary/aromatic N) is 2. The van der Waals surface area contributed by atoms with Crippen molar-refractivity contribution in [3.05, 3.63) is 34.0 Å². The van der Waals surface area contributed by atoms with Gasteiger partial charge in [-0.1, -0.05) is 0 Å². The molecule has 5 rings (SSSR count). The summed E-state index contributed by atoms with van der Waals surface area (Å²) in [5, 5.41) is 7.10. The fraction of sp³-hybridized carbons (Fsp3) is 0.524. The first-order valence-corrected chi connectivity index (χ1v) is 12.2. The maximum Gasteiger partial charge on any atom is 0.331 e. The summed E-state index contributed by atoms with van der Waals surface area (Å²) in [4.78, 5) is 12.9. The maximum absolute atomic E-state index is 13.1. The van der Waals surface area contributed by atoms with Crippen LogP contribution in [0.2, 0.25) is 0 Å². The Hall–Kier alpha value is -2.59. The minimum Gasteiger partial charge on any atom is -0.474 e. The smallest absolute Gasteiger partial charge is 0.331 e. The lowest BCUT2D eigenvalue weighted by molar-refractivity contribution is 0.0165. The number of carbonyl (C=O) groups excluding carboxylic acids is 1. The molecule has 2 heterocycles. The number of amides is 2. The van der Waals surface area contributed by atoms with Crippen LogP contribution in [0.4, 0.5) is 10.5 Å². The number of rotatable bonds is 4. The second-order valence-corrected chi connectivity index (χ2v) is 10.2. The first-order valence-electron chi connectivity index (χ1n) is 10.6. The molecule has 1 aromatic carbocycles. The highest BCUT2D eigenvalue weighted by molar-refractivity contribution is 7.91. The van der Waals surface area contributed by atoms with E-state index in [2.05, 4.69) is 22.1 Å². The number of nitrogens with one attached hydrogen (secondary N) is 3. The molecule has 31 heavy (non-hydrogen) atoms. The average Bonchev–Trinajstić information content (AvgIpc) is 3.49. The summed E-state index contributed by atoms with van der Waals surface area (Å²) in [5.74, 6) is 0.241. The molecular formula is C21H27N5O4S. The van der Waals surface area contributed by atoms with Crippen molar-refractivity contribution in [2.75, 3.05) is 19.0 Å². The number of urea groups is 1. The van der Waals surface area contributed by atoms with Crippen LogP contribution in [0, 0.1) is 11.7 Å². The van der Waals surface area contributed by atoms with Gasteiger partial charge in [-0.15, -0.1) is 0 Å². The van der Waals surface area contributed by atoms with Gasteiger partial charge in [0.2, 0.25) is 5.88 Å². The van der Waals surface area contributed by atoms with E-state index in [1.54, 1.807) is 7.11 Å². The van der Waals surface area contributed by atoms with E-state index in [0.717, 1.165) is 44.2 Å². The van der Waals surface area contributed by atoms with Gasteiger partial charge in [-0.25, -0.2) is 23.2 Å². The van der Waals surface area contributed by atoms with Gasteiger partial charge in [-0.05, 0) is 73.3 Å². The van der Waals surface area contributed by atoms with Crippen LogP contribution in [-0.2, 0) is 46.9 Å². The molecule has 2 atom stereocenters. The number of anilines is 1. The first-order chi connectivity index (χ1) is 14.9. The summed E-state index contributed by atoms with van der Waals surface area (Å²) in [6.45, 7) is 2.90. The Kier molecular flexibility index (Phi) is 4.93. The molecule has 0 spiro atoms. The summed E-state index contributed by atoms with van der Waals surface area (Å²) in [7, 11) is -2.06. The van der Waals surface area contributed by atoms with Gasteiger partial charge in [0.1, 0.15) is 17.6 Å². The number of benzene rings is 1. The van der Waals surface area contributed by atoms with E-state index in [1.165, 1.54) is 38.7 Å². The van der Waals surface area contributed by atoms with Crippen LogP contribution in [0.5, 0.6) is 5.88 Å². The monoisotopic (exact) mass is 445 g/mol.